The smallest absolute Gasteiger partial charge is 0.230 e. The van der Waals surface area contributed by atoms with Gasteiger partial charge in [-0.3, -0.25) is 9.69 Å². The molecule has 3 heterocycles. The zero-order valence-electron chi connectivity index (χ0n) is 16.4. The summed E-state index contributed by atoms with van der Waals surface area (Å²) in [5.41, 5.74) is 2.42. The van der Waals surface area contributed by atoms with Crippen molar-refractivity contribution < 1.29 is 9.21 Å². The van der Waals surface area contributed by atoms with Crippen LogP contribution in [0.2, 0.25) is 0 Å². The Hall–Kier alpha value is -2.14. The molecule has 2 fully saturated rings. The molecule has 2 aromatic rings. The van der Waals surface area contributed by atoms with Crippen molar-refractivity contribution in [3.63, 3.8) is 0 Å². The van der Waals surface area contributed by atoms with Crippen molar-refractivity contribution in [2.24, 2.45) is 5.41 Å². The van der Waals surface area contributed by atoms with E-state index in [1.54, 1.807) is 6.26 Å². The van der Waals surface area contributed by atoms with Gasteiger partial charge in [-0.05, 0) is 50.3 Å². The van der Waals surface area contributed by atoms with Gasteiger partial charge in [0.15, 0.2) is 5.89 Å². The van der Waals surface area contributed by atoms with Crippen molar-refractivity contribution in [2.45, 2.75) is 45.6 Å². The quantitative estimate of drug-likeness (QED) is 0.828. The molecule has 2 saturated heterocycles. The maximum atomic E-state index is 13.0. The normalized spacial score (nSPS) is 23.1. The largest absolute Gasteiger partial charge is 0.449 e. The van der Waals surface area contributed by atoms with E-state index in [1.807, 2.05) is 25.1 Å². The van der Waals surface area contributed by atoms with E-state index in [0.29, 0.717) is 5.91 Å². The van der Waals surface area contributed by atoms with Crippen molar-refractivity contribution in [3.05, 3.63) is 53.7 Å². The van der Waals surface area contributed by atoms with Crippen LogP contribution in [0.4, 0.5) is 0 Å². The molecule has 0 aliphatic carbocycles. The number of oxazole rings is 1. The molecule has 1 spiro atoms. The van der Waals surface area contributed by atoms with Crippen molar-refractivity contribution in [1.29, 1.82) is 0 Å². The second-order valence-electron chi connectivity index (χ2n) is 8.15. The highest BCUT2D eigenvalue weighted by atomic mass is 16.3. The van der Waals surface area contributed by atoms with Crippen LogP contribution in [0.25, 0.3) is 0 Å². The number of hydrogen-bond donors (Lipinski definition) is 0. The summed E-state index contributed by atoms with van der Waals surface area (Å²) in [6.07, 6.45) is 5.01. The SMILES string of the molecule is CCN1CC2(CCN(Cc3coc(C)n3)CC2)C[C@H](c2ccccc2)C1=O. The Labute approximate surface area is 161 Å². The summed E-state index contributed by atoms with van der Waals surface area (Å²) in [5, 5.41) is 0. The van der Waals surface area contributed by atoms with Crippen molar-refractivity contribution in [1.82, 2.24) is 14.8 Å². The van der Waals surface area contributed by atoms with Gasteiger partial charge in [-0.15, -0.1) is 0 Å². The van der Waals surface area contributed by atoms with Gasteiger partial charge in [-0.2, -0.15) is 0 Å². The van der Waals surface area contributed by atoms with Gasteiger partial charge in [-0.1, -0.05) is 30.3 Å². The number of amides is 1. The number of aryl methyl sites for hydroxylation is 1. The van der Waals surface area contributed by atoms with Gasteiger partial charge >= 0.3 is 0 Å². The molecule has 0 saturated carbocycles. The number of likely N-dealkylation sites (N-methyl/N-ethyl adjacent to an activating group) is 1. The van der Waals surface area contributed by atoms with Gasteiger partial charge in [0.05, 0.1) is 11.6 Å². The standard InChI is InChI=1S/C22H29N3O2/c1-3-25-16-22(13-20(21(25)26)18-7-5-4-6-8-18)9-11-24(12-10-22)14-19-15-27-17(2)23-19/h4-8,15,20H,3,9-14,16H2,1-2H3/t20-/m1/s1. The zero-order valence-corrected chi connectivity index (χ0v) is 16.4. The summed E-state index contributed by atoms with van der Waals surface area (Å²) in [6, 6.07) is 10.3. The predicted molar refractivity (Wildman–Crippen MR) is 104 cm³/mol. The van der Waals surface area contributed by atoms with Gasteiger partial charge in [-0.25, -0.2) is 4.98 Å². The van der Waals surface area contributed by atoms with Crippen LogP contribution >= 0.6 is 0 Å². The van der Waals surface area contributed by atoms with E-state index in [2.05, 4.69) is 33.8 Å². The van der Waals surface area contributed by atoms with Crippen LogP contribution in [0.5, 0.6) is 0 Å². The van der Waals surface area contributed by atoms with Crippen molar-refractivity contribution in [2.75, 3.05) is 26.2 Å². The van der Waals surface area contributed by atoms with E-state index in [9.17, 15) is 4.79 Å². The van der Waals surface area contributed by atoms with E-state index in [0.717, 1.165) is 63.6 Å². The molecule has 5 heteroatoms. The molecular formula is C22H29N3O2. The Bertz CT molecular complexity index is 778. The Kier molecular flexibility index (Phi) is 5.04. The fraction of sp³-hybridized carbons (Fsp3) is 0.545. The van der Waals surface area contributed by atoms with E-state index in [-0.39, 0.29) is 11.3 Å². The summed E-state index contributed by atoms with van der Waals surface area (Å²) < 4.78 is 5.34. The Morgan fingerprint density at radius 2 is 1.96 bits per heavy atom. The number of benzene rings is 1. The Morgan fingerprint density at radius 1 is 1.22 bits per heavy atom. The average molecular weight is 367 g/mol. The van der Waals surface area contributed by atoms with Crippen LogP contribution < -0.4 is 0 Å². The maximum absolute atomic E-state index is 13.0. The van der Waals surface area contributed by atoms with Crippen LogP contribution in [-0.2, 0) is 11.3 Å². The third kappa shape index (κ3) is 3.79. The first kappa shape index (κ1) is 18.2. The number of nitrogens with zero attached hydrogens (tertiary/aromatic N) is 3. The minimum absolute atomic E-state index is 0.00430. The van der Waals surface area contributed by atoms with Crippen LogP contribution in [-0.4, -0.2) is 46.9 Å². The van der Waals surface area contributed by atoms with Crippen LogP contribution in [0, 0.1) is 12.3 Å². The van der Waals surface area contributed by atoms with Gasteiger partial charge in [0, 0.05) is 26.6 Å². The monoisotopic (exact) mass is 367 g/mol. The average Bonchev–Trinajstić information content (AvgIpc) is 3.11. The van der Waals surface area contributed by atoms with Crippen LogP contribution in [0.15, 0.2) is 41.0 Å². The van der Waals surface area contributed by atoms with E-state index >= 15 is 0 Å². The predicted octanol–water partition coefficient (Wildman–Crippen LogP) is 3.60. The lowest BCUT2D eigenvalue weighted by Gasteiger charge is -2.49. The lowest BCUT2D eigenvalue weighted by molar-refractivity contribution is -0.141. The maximum Gasteiger partial charge on any atom is 0.230 e. The third-order valence-corrected chi connectivity index (χ3v) is 6.33. The molecule has 0 radical (unpaired) electrons. The highest BCUT2D eigenvalue weighted by Gasteiger charge is 2.45. The third-order valence-electron chi connectivity index (χ3n) is 6.33. The lowest BCUT2D eigenvalue weighted by Crippen LogP contribution is -2.53. The molecule has 1 aromatic carbocycles. The molecule has 144 valence electrons. The van der Waals surface area contributed by atoms with Gasteiger partial charge in [0.25, 0.3) is 0 Å². The lowest BCUT2D eigenvalue weighted by atomic mass is 9.67. The number of likely N-dealkylation sites (tertiary alicyclic amines) is 2. The fourth-order valence-electron chi connectivity index (χ4n) is 4.76. The first-order valence-electron chi connectivity index (χ1n) is 10.1. The van der Waals surface area contributed by atoms with Gasteiger partial charge < -0.3 is 9.32 Å². The van der Waals surface area contributed by atoms with E-state index < -0.39 is 0 Å². The second kappa shape index (κ2) is 7.47. The molecule has 2 aliphatic rings. The van der Waals surface area contributed by atoms with Crippen LogP contribution in [0.3, 0.4) is 0 Å². The number of rotatable bonds is 4. The summed E-state index contributed by atoms with van der Waals surface area (Å²) in [5.74, 6) is 1.04. The molecule has 27 heavy (non-hydrogen) atoms. The van der Waals surface area contributed by atoms with E-state index in [4.69, 9.17) is 4.42 Å². The molecule has 4 rings (SSSR count). The number of aromatic nitrogens is 1. The number of carbonyl (C=O) groups is 1. The summed E-state index contributed by atoms with van der Waals surface area (Å²) in [7, 11) is 0. The first-order chi connectivity index (χ1) is 13.1. The molecule has 1 atom stereocenters. The minimum atomic E-state index is 0.00430. The molecule has 0 N–H and O–H groups in total. The highest BCUT2D eigenvalue weighted by molar-refractivity contribution is 5.84. The van der Waals surface area contributed by atoms with Crippen molar-refractivity contribution >= 4 is 5.91 Å². The van der Waals surface area contributed by atoms with Crippen molar-refractivity contribution in [3.8, 4) is 0 Å². The van der Waals surface area contributed by atoms with E-state index in [1.165, 1.54) is 5.56 Å². The zero-order chi connectivity index (χ0) is 18.9. The molecule has 5 nitrogen and oxygen atoms in total. The van der Waals surface area contributed by atoms with Gasteiger partial charge in [0.1, 0.15) is 6.26 Å². The van der Waals surface area contributed by atoms with Crippen LogP contribution in [0.1, 0.15) is 49.3 Å². The highest BCUT2D eigenvalue weighted by Crippen LogP contribution is 2.45. The molecule has 0 unspecified atom stereocenters. The molecule has 2 aliphatic heterocycles. The first-order valence-corrected chi connectivity index (χ1v) is 10.1. The summed E-state index contributed by atoms with van der Waals surface area (Å²) in [4.78, 5) is 22.0. The fourth-order valence-corrected chi connectivity index (χ4v) is 4.76. The summed E-state index contributed by atoms with van der Waals surface area (Å²) in [6.45, 7) is 8.65. The molecule has 1 amide bonds. The Morgan fingerprint density at radius 3 is 2.59 bits per heavy atom. The Balaban J connectivity index is 1.47. The van der Waals surface area contributed by atoms with Gasteiger partial charge in [0.2, 0.25) is 5.91 Å². The topological polar surface area (TPSA) is 49.6 Å². The number of hydrogen-bond acceptors (Lipinski definition) is 4. The summed E-state index contributed by atoms with van der Waals surface area (Å²) >= 11 is 0. The molecule has 0 bridgehead atoms. The number of carbonyl (C=O) groups excluding carboxylic acids is 1. The second-order valence-corrected chi connectivity index (χ2v) is 8.15. The molecular weight excluding hydrogens is 338 g/mol. The minimum Gasteiger partial charge on any atom is -0.449 e. The number of piperidine rings is 2. The molecule has 1 aromatic heterocycles.